The van der Waals surface area contributed by atoms with E-state index in [0.717, 1.165) is 27.9 Å². The lowest BCUT2D eigenvalue weighted by molar-refractivity contribution is -0.137. The van der Waals surface area contributed by atoms with E-state index >= 15 is 0 Å². The maximum atomic E-state index is 13.5. The largest absolute Gasteiger partial charge is 0.418 e. The maximum absolute atomic E-state index is 13.5. The standard InChI is InChI=1S/C21H15F3N2/c1-13-10-11-19(16(12-13)21(22,23)24)26-20-14-6-2-4-8-17(14)25-18-9-5-3-7-15(18)20/h2-12H,1H3,(H,25,26). The van der Waals surface area contributed by atoms with E-state index in [0.29, 0.717) is 11.3 Å². The number of para-hydroxylation sites is 2. The molecule has 0 bridgehead atoms. The van der Waals surface area contributed by atoms with Crippen molar-refractivity contribution in [2.45, 2.75) is 13.1 Å². The van der Waals surface area contributed by atoms with Gasteiger partial charge in [-0.05, 0) is 31.2 Å². The summed E-state index contributed by atoms with van der Waals surface area (Å²) in [6.07, 6.45) is -4.44. The Hall–Kier alpha value is -3.08. The van der Waals surface area contributed by atoms with Gasteiger partial charge in [-0.15, -0.1) is 0 Å². The monoisotopic (exact) mass is 352 g/mol. The molecule has 2 nitrogen and oxygen atoms in total. The lowest BCUT2D eigenvalue weighted by atomic mass is 10.1. The van der Waals surface area contributed by atoms with Crippen molar-refractivity contribution < 1.29 is 13.2 Å². The second-order valence-electron chi connectivity index (χ2n) is 6.19. The van der Waals surface area contributed by atoms with Crippen LogP contribution in [0.25, 0.3) is 21.8 Å². The summed E-state index contributed by atoms with van der Waals surface area (Å²) in [6.45, 7) is 1.65. The third-order valence-corrected chi connectivity index (χ3v) is 4.33. The summed E-state index contributed by atoms with van der Waals surface area (Å²) in [5, 5.41) is 4.59. The average molecular weight is 352 g/mol. The number of halogens is 3. The number of nitrogens with one attached hydrogen (secondary N) is 1. The van der Waals surface area contributed by atoms with Crippen molar-refractivity contribution in [1.29, 1.82) is 0 Å². The van der Waals surface area contributed by atoms with Crippen molar-refractivity contribution in [3.8, 4) is 0 Å². The second kappa shape index (κ2) is 6.02. The van der Waals surface area contributed by atoms with Gasteiger partial charge in [-0.25, -0.2) is 4.98 Å². The van der Waals surface area contributed by atoms with Crippen LogP contribution in [0.1, 0.15) is 11.1 Å². The van der Waals surface area contributed by atoms with Gasteiger partial charge in [0.1, 0.15) is 0 Å². The molecule has 0 aliphatic heterocycles. The zero-order valence-electron chi connectivity index (χ0n) is 13.9. The molecule has 130 valence electrons. The summed E-state index contributed by atoms with van der Waals surface area (Å²) in [6, 6.07) is 19.2. The first-order valence-electron chi connectivity index (χ1n) is 8.16. The van der Waals surface area contributed by atoms with Gasteiger partial charge < -0.3 is 5.32 Å². The van der Waals surface area contributed by atoms with Crippen LogP contribution in [-0.4, -0.2) is 4.98 Å². The summed E-state index contributed by atoms with van der Waals surface area (Å²) in [5.74, 6) is 0. The van der Waals surface area contributed by atoms with E-state index in [1.807, 2.05) is 48.5 Å². The minimum Gasteiger partial charge on any atom is -0.354 e. The minimum absolute atomic E-state index is 0.0320. The highest BCUT2D eigenvalue weighted by Crippen LogP contribution is 2.39. The lowest BCUT2D eigenvalue weighted by Gasteiger charge is -2.18. The molecule has 4 aromatic rings. The van der Waals surface area contributed by atoms with Gasteiger partial charge >= 0.3 is 6.18 Å². The van der Waals surface area contributed by atoms with Crippen molar-refractivity contribution in [3.63, 3.8) is 0 Å². The molecular formula is C21H15F3N2. The Morgan fingerprint density at radius 1 is 0.808 bits per heavy atom. The number of benzene rings is 3. The Morgan fingerprint density at radius 3 is 1.96 bits per heavy atom. The van der Waals surface area contributed by atoms with Gasteiger partial charge in [0.2, 0.25) is 0 Å². The van der Waals surface area contributed by atoms with Crippen LogP contribution >= 0.6 is 0 Å². The van der Waals surface area contributed by atoms with Crippen LogP contribution < -0.4 is 5.32 Å². The molecule has 3 aromatic carbocycles. The Labute approximate surface area is 148 Å². The fourth-order valence-electron chi connectivity index (χ4n) is 3.11. The van der Waals surface area contributed by atoms with Crippen LogP contribution in [0.4, 0.5) is 24.5 Å². The Bertz CT molecular complexity index is 1060. The van der Waals surface area contributed by atoms with E-state index in [9.17, 15) is 13.2 Å². The van der Waals surface area contributed by atoms with Gasteiger partial charge in [0.05, 0.1) is 28.0 Å². The van der Waals surface area contributed by atoms with E-state index in [1.54, 1.807) is 13.0 Å². The molecule has 1 heterocycles. The highest BCUT2D eigenvalue weighted by atomic mass is 19.4. The van der Waals surface area contributed by atoms with E-state index in [2.05, 4.69) is 10.3 Å². The second-order valence-corrected chi connectivity index (χ2v) is 6.19. The molecular weight excluding hydrogens is 337 g/mol. The fourth-order valence-corrected chi connectivity index (χ4v) is 3.11. The molecule has 0 saturated heterocycles. The molecule has 0 saturated carbocycles. The molecule has 0 unspecified atom stereocenters. The van der Waals surface area contributed by atoms with Crippen molar-refractivity contribution in [2.75, 3.05) is 5.32 Å². The quantitative estimate of drug-likeness (QED) is 0.419. The Kier molecular flexibility index (Phi) is 3.80. The number of rotatable bonds is 2. The number of hydrogen-bond donors (Lipinski definition) is 1. The minimum atomic E-state index is -4.44. The first-order chi connectivity index (χ1) is 12.4. The number of nitrogens with zero attached hydrogens (tertiary/aromatic N) is 1. The molecule has 1 N–H and O–H groups in total. The summed E-state index contributed by atoms with van der Waals surface area (Å²) >= 11 is 0. The highest BCUT2D eigenvalue weighted by molar-refractivity contribution is 6.08. The Balaban J connectivity index is 1.98. The van der Waals surface area contributed by atoms with Crippen molar-refractivity contribution in [1.82, 2.24) is 4.98 Å². The highest BCUT2D eigenvalue weighted by Gasteiger charge is 2.33. The topological polar surface area (TPSA) is 24.9 Å². The van der Waals surface area contributed by atoms with E-state index in [1.165, 1.54) is 6.07 Å². The first kappa shape index (κ1) is 16.4. The third kappa shape index (κ3) is 2.86. The lowest BCUT2D eigenvalue weighted by Crippen LogP contribution is -2.09. The van der Waals surface area contributed by atoms with Gasteiger partial charge in [0.15, 0.2) is 0 Å². The normalized spacial score (nSPS) is 11.8. The molecule has 1 aromatic heterocycles. The van der Waals surface area contributed by atoms with Crippen molar-refractivity contribution in [3.05, 3.63) is 77.9 Å². The van der Waals surface area contributed by atoms with E-state index in [-0.39, 0.29) is 5.69 Å². The van der Waals surface area contributed by atoms with Gasteiger partial charge in [-0.2, -0.15) is 13.2 Å². The number of hydrogen-bond acceptors (Lipinski definition) is 2. The van der Waals surface area contributed by atoms with Gasteiger partial charge in [0, 0.05) is 10.8 Å². The van der Waals surface area contributed by atoms with Crippen LogP contribution in [0.3, 0.4) is 0 Å². The molecule has 0 amide bonds. The molecule has 0 aliphatic rings. The zero-order chi connectivity index (χ0) is 18.3. The Morgan fingerprint density at radius 2 is 1.38 bits per heavy atom. The number of pyridine rings is 1. The van der Waals surface area contributed by atoms with Gasteiger partial charge in [-0.1, -0.05) is 48.0 Å². The molecule has 4 rings (SSSR count). The molecule has 0 aliphatic carbocycles. The third-order valence-electron chi connectivity index (χ3n) is 4.33. The van der Waals surface area contributed by atoms with E-state index < -0.39 is 11.7 Å². The van der Waals surface area contributed by atoms with E-state index in [4.69, 9.17) is 0 Å². The number of alkyl halides is 3. The summed E-state index contributed by atoms with van der Waals surface area (Å²) in [7, 11) is 0. The molecule has 0 atom stereocenters. The van der Waals surface area contributed by atoms with Crippen LogP contribution in [0.15, 0.2) is 66.7 Å². The average Bonchev–Trinajstić information content (AvgIpc) is 2.62. The van der Waals surface area contributed by atoms with Crippen molar-refractivity contribution in [2.24, 2.45) is 0 Å². The fraction of sp³-hybridized carbons (Fsp3) is 0.0952. The van der Waals surface area contributed by atoms with Crippen LogP contribution in [0, 0.1) is 6.92 Å². The number of aromatic nitrogens is 1. The van der Waals surface area contributed by atoms with Crippen molar-refractivity contribution >= 4 is 33.2 Å². The first-order valence-corrected chi connectivity index (χ1v) is 8.16. The number of anilines is 2. The molecule has 0 fully saturated rings. The van der Waals surface area contributed by atoms with Crippen LogP contribution in [0.2, 0.25) is 0 Å². The molecule has 0 spiro atoms. The molecule has 5 heteroatoms. The van der Waals surface area contributed by atoms with Crippen LogP contribution in [-0.2, 0) is 6.18 Å². The van der Waals surface area contributed by atoms with Crippen LogP contribution in [0.5, 0.6) is 0 Å². The SMILES string of the molecule is Cc1ccc(Nc2c3ccccc3nc3ccccc23)c(C(F)(F)F)c1. The predicted octanol–water partition coefficient (Wildman–Crippen LogP) is 6.46. The summed E-state index contributed by atoms with van der Waals surface area (Å²) in [4.78, 5) is 4.60. The number of aryl methyl sites for hydroxylation is 1. The number of fused-ring (bicyclic) bond motifs is 2. The maximum Gasteiger partial charge on any atom is 0.418 e. The zero-order valence-corrected chi connectivity index (χ0v) is 13.9. The van der Waals surface area contributed by atoms with Gasteiger partial charge in [-0.3, -0.25) is 0 Å². The smallest absolute Gasteiger partial charge is 0.354 e. The van der Waals surface area contributed by atoms with Gasteiger partial charge in [0.25, 0.3) is 0 Å². The summed E-state index contributed by atoms with van der Waals surface area (Å²) in [5.41, 5.74) is 2.00. The summed E-state index contributed by atoms with van der Waals surface area (Å²) < 4.78 is 40.5. The predicted molar refractivity (Wildman–Crippen MR) is 98.7 cm³/mol. The molecule has 26 heavy (non-hydrogen) atoms. The molecule has 0 radical (unpaired) electrons.